The lowest BCUT2D eigenvalue weighted by Crippen LogP contribution is -2.12. The molecule has 1 unspecified atom stereocenters. The third-order valence-electron chi connectivity index (χ3n) is 3.07. The number of aromatic nitrogens is 1. The normalized spacial score (nSPS) is 14.2. The molecule has 1 atom stereocenters. The summed E-state index contributed by atoms with van der Waals surface area (Å²) in [6.07, 6.45) is 0. The zero-order valence-electron chi connectivity index (χ0n) is 11.2. The summed E-state index contributed by atoms with van der Waals surface area (Å²) in [5.74, 6) is 0.744. The summed E-state index contributed by atoms with van der Waals surface area (Å²) >= 11 is 0. The first-order valence-corrected chi connectivity index (χ1v) is 6.00. The second kappa shape index (κ2) is 4.15. The number of nitrogens with one attached hydrogen (secondary N) is 1. The first-order valence-electron chi connectivity index (χ1n) is 6.00. The Morgan fingerprint density at radius 2 is 2.00 bits per heavy atom. The molecule has 0 aliphatic carbocycles. The van der Waals surface area contributed by atoms with Gasteiger partial charge in [-0.3, -0.25) is 0 Å². The van der Waals surface area contributed by atoms with Crippen LogP contribution in [0.2, 0.25) is 0 Å². The van der Waals surface area contributed by atoms with E-state index in [1.807, 2.05) is 20.0 Å². The molecule has 0 spiro atoms. The van der Waals surface area contributed by atoms with Crippen LogP contribution in [0, 0.1) is 0 Å². The van der Waals surface area contributed by atoms with Crippen LogP contribution >= 0.6 is 0 Å². The summed E-state index contributed by atoms with van der Waals surface area (Å²) < 4.78 is 5.71. The van der Waals surface area contributed by atoms with Gasteiger partial charge in [-0.25, -0.2) is 4.98 Å². The first-order chi connectivity index (χ1) is 7.91. The minimum absolute atomic E-state index is 0.139. The van der Waals surface area contributed by atoms with Crippen LogP contribution < -0.4 is 5.32 Å². The van der Waals surface area contributed by atoms with Crippen molar-refractivity contribution < 1.29 is 4.42 Å². The lowest BCUT2D eigenvalue weighted by Gasteiger charge is -2.18. The van der Waals surface area contributed by atoms with Crippen molar-refractivity contribution in [2.75, 3.05) is 7.05 Å². The average Bonchev–Trinajstić information content (AvgIpc) is 2.69. The van der Waals surface area contributed by atoms with E-state index in [1.165, 1.54) is 5.56 Å². The molecule has 3 nitrogen and oxygen atoms in total. The molecule has 2 rings (SSSR count). The lowest BCUT2D eigenvalue weighted by molar-refractivity contribution is 0.456. The van der Waals surface area contributed by atoms with Crippen molar-refractivity contribution in [3.05, 3.63) is 29.7 Å². The minimum Gasteiger partial charge on any atom is -0.439 e. The standard InChI is InChI=1S/C14H20N2O/c1-9(15-5)13-16-11-8-10(14(2,3)4)6-7-12(11)17-13/h6-9,15H,1-5H3. The van der Waals surface area contributed by atoms with Crippen molar-refractivity contribution in [3.63, 3.8) is 0 Å². The van der Waals surface area contributed by atoms with Crippen molar-refractivity contribution in [2.45, 2.75) is 39.2 Å². The van der Waals surface area contributed by atoms with Gasteiger partial charge in [-0.15, -0.1) is 0 Å². The van der Waals surface area contributed by atoms with Crippen LogP contribution in [0.4, 0.5) is 0 Å². The highest BCUT2D eigenvalue weighted by Crippen LogP contribution is 2.27. The van der Waals surface area contributed by atoms with E-state index in [1.54, 1.807) is 0 Å². The molecule has 1 aromatic carbocycles. The van der Waals surface area contributed by atoms with Crippen LogP contribution in [-0.2, 0) is 5.41 Å². The Morgan fingerprint density at radius 3 is 2.59 bits per heavy atom. The zero-order chi connectivity index (χ0) is 12.6. The van der Waals surface area contributed by atoms with Crippen molar-refractivity contribution in [2.24, 2.45) is 0 Å². The molecule has 0 saturated carbocycles. The fourth-order valence-corrected chi connectivity index (χ4v) is 1.72. The van der Waals surface area contributed by atoms with E-state index in [0.29, 0.717) is 0 Å². The molecular weight excluding hydrogens is 212 g/mol. The maximum absolute atomic E-state index is 5.71. The molecule has 0 aliphatic rings. The van der Waals surface area contributed by atoms with Crippen LogP contribution in [0.1, 0.15) is 45.2 Å². The summed E-state index contributed by atoms with van der Waals surface area (Å²) in [4.78, 5) is 4.53. The third kappa shape index (κ3) is 2.34. The van der Waals surface area contributed by atoms with Gasteiger partial charge in [0, 0.05) is 0 Å². The van der Waals surface area contributed by atoms with Gasteiger partial charge in [-0.05, 0) is 37.1 Å². The van der Waals surface area contributed by atoms with E-state index in [2.05, 4.69) is 43.2 Å². The van der Waals surface area contributed by atoms with Crippen LogP contribution in [0.5, 0.6) is 0 Å². The van der Waals surface area contributed by atoms with E-state index in [4.69, 9.17) is 4.42 Å². The topological polar surface area (TPSA) is 38.1 Å². The molecule has 0 saturated heterocycles. The molecule has 0 fully saturated rings. The second-order valence-corrected chi connectivity index (χ2v) is 5.49. The molecule has 92 valence electrons. The molecule has 1 heterocycles. The highest BCUT2D eigenvalue weighted by molar-refractivity contribution is 5.73. The van der Waals surface area contributed by atoms with Gasteiger partial charge in [0.1, 0.15) is 5.52 Å². The van der Waals surface area contributed by atoms with Gasteiger partial charge >= 0.3 is 0 Å². The fraction of sp³-hybridized carbons (Fsp3) is 0.500. The predicted molar refractivity (Wildman–Crippen MR) is 70.2 cm³/mol. The second-order valence-electron chi connectivity index (χ2n) is 5.49. The summed E-state index contributed by atoms with van der Waals surface area (Å²) in [7, 11) is 1.90. The zero-order valence-corrected chi connectivity index (χ0v) is 11.2. The largest absolute Gasteiger partial charge is 0.439 e. The Labute approximate surface area is 102 Å². The van der Waals surface area contributed by atoms with Gasteiger partial charge in [0.15, 0.2) is 5.58 Å². The first kappa shape index (κ1) is 12.1. The molecule has 3 heteroatoms. The summed E-state index contributed by atoms with van der Waals surface area (Å²) in [5.41, 5.74) is 3.22. The average molecular weight is 232 g/mol. The maximum Gasteiger partial charge on any atom is 0.212 e. The Kier molecular flexibility index (Phi) is 2.96. The SMILES string of the molecule is CNC(C)c1nc2cc(C(C)(C)C)ccc2o1. The number of benzene rings is 1. The molecule has 17 heavy (non-hydrogen) atoms. The number of oxazole rings is 1. The Hall–Kier alpha value is -1.35. The molecular formula is C14H20N2O. The number of rotatable bonds is 2. The number of nitrogens with zero attached hydrogens (tertiary/aromatic N) is 1. The molecule has 0 aliphatic heterocycles. The molecule has 0 bridgehead atoms. The fourth-order valence-electron chi connectivity index (χ4n) is 1.72. The van der Waals surface area contributed by atoms with Crippen LogP contribution in [0.3, 0.4) is 0 Å². The van der Waals surface area contributed by atoms with Gasteiger partial charge in [-0.2, -0.15) is 0 Å². The maximum atomic E-state index is 5.71. The van der Waals surface area contributed by atoms with Crippen LogP contribution in [0.15, 0.2) is 22.6 Å². The minimum atomic E-state index is 0.139. The Bertz CT molecular complexity index is 522. The monoisotopic (exact) mass is 232 g/mol. The van der Waals surface area contributed by atoms with Crippen molar-refractivity contribution in [1.82, 2.24) is 10.3 Å². The van der Waals surface area contributed by atoms with E-state index in [-0.39, 0.29) is 11.5 Å². The van der Waals surface area contributed by atoms with Gasteiger partial charge in [0.2, 0.25) is 5.89 Å². The molecule has 0 radical (unpaired) electrons. The van der Waals surface area contributed by atoms with Crippen molar-refractivity contribution in [1.29, 1.82) is 0 Å². The Balaban J connectivity index is 2.48. The summed E-state index contributed by atoms with van der Waals surface area (Å²) in [5, 5.41) is 3.13. The molecule has 2 aromatic rings. The number of fused-ring (bicyclic) bond motifs is 1. The van der Waals surface area contributed by atoms with E-state index in [9.17, 15) is 0 Å². The van der Waals surface area contributed by atoms with Crippen molar-refractivity contribution in [3.8, 4) is 0 Å². The van der Waals surface area contributed by atoms with E-state index >= 15 is 0 Å². The van der Waals surface area contributed by atoms with Gasteiger partial charge in [0.25, 0.3) is 0 Å². The summed E-state index contributed by atoms with van der Waals surface area (Å²) in [6.45, 7) is 8.64. The smallest absolute Gasteiger partial charge is 0.212 e. The highest BCUT2D eigenvalue weighted by Gasteiger charge is 2.17. The van der Waals surface area contributed by atoms with Gasteiger partial charge < -0.3 is 9.73 Å². The van der Waals surface area contributed by atoms with Gasteiger partial charge in [0.05, 0.1) is 6.04 Å². The molecule has 1 aromatic heterocycles. The number of hydrogen-bond donors (Lipinski definition) is 1. The third-order valence-corrected chi connectivity index (χ3v) is 3.07. The van der Waals surface area contributed by atoms with Crippen LogP contribution in [0.25, 0.3) is 11.1 Å². The lowest BCUT2D eigenvalue weighted by atomic mass is 9.87. The highest BCUT2D eigenvalue weighted by atomic mass is 16.3. The van der Waals surface area contributed by atoms with E-state index < -0.39 is 0 Å². The van der Waals surface area contributed by atoms with Crippen molar-refractivity contribution >= 4 is 11.1 Å². The predicted octanol–water partition coefficient (Wildman–Crippen LogP) is 3.41. The number of hydrogen-bond acceptors (Lipinski definition) is 3. The quantitative estimate of drug-likeness (QED) is 0.862. The summed E-state index contributed by atoms with van der Waals surface area (Å²) in [6, 6.07) is 6.38. The van der Waals surface area contributed by atoms with E-state index in [0.717, 1.165) is 17.0 Å². The molecule has 1 N–H and O–H groups in total. The van der Waals surface area contributed by atoms with Crippen LogP contribution in [-0.4, -0.2) is 12.0 Å². The Morgan fingerprint density at radius 1 is 1.29 bits per heavy atom. The van der Waals surface area contributed by atoms with Gasteiger partial charge in [-0.1, -0.05) is 26.8 Å². The molecule has 0 amide bonds.